The van der Waals surface area contributed by atoms with Gasteiger partial charge < -0.3 is 5.32 Å². The second-order valence-electron chi connectivity index (χ2n) is 10.3. The Kier molecular flexibility index (Phi) is 7.33. The molecule has 7 nitrogen and oxygen atoms in total. The van der Waals surface area contributed by atoms with E-state index >= 15 is 0 Å². The molecule has 1 aliphatic carbocycles. The Morgan fingerprint density at radius 3 is 2.68 bits per heavy atom. The smallest absolute Gasteiger partial charge is 0.267 e. The largest absolute Gasteiger partial charge is 0.349 e. The third kappa shape index (κ3) is 5.14. The molecule has 0 atom stereocenters. The van der Waals surface area contributed by atoms with Crippen LogP contribution in [0.5, 0.6) is 0 Å². The zero-order valence-electron chi connectivity index (χ0n) is 21.0. The van der Waals surface area contributed by atoms with Gasteiger partial charge in [0.05, 0.1) is 17.3 Å². The average molecular weight is 502 g/mol. The molecule has 0 unspecified atom stereocenters. The van der Waals surface area contributed by atoms with E-state index < -0.39 is 12.1 Å². The van der Waals surface area contributed by atoms with E-state index in [4.69, 9.17) is 0 Å². The summed E-state index contributed by atoms with van der Waals surface area (Å²) in [5.74, 6) is -0.308. The van der Waals surface area contributed by atoms with Crippen molar-refractivity contribution in [2.24, 2.45) is 0 Å². The maximum Gasteiger partial charge on any atom is 0.267 e. The Morgan fingerprint density at radius 2 is 1.95 bits per heavy atom. The Labute approximate surface area is 215 Å². The molecule has 2 fully saturated rings. The van der Waals surface area contributed by atoms with Crippen LogP contribution in [0.4, 0.5) is 4.39 Å². The van der Waals surface area contributed by atoms with Gasteiger partial charge in [0.15, 0.2) is 0 Å². The Bertz CT molecular complexity index is 1380. The number of carbonyl (C=O) groups is 1. The third-order valence-corrected chi connectivity index (χ3v) is 7.93. The summed E-state index contributed by atoms with van der Waals surface area (Å²) in [6.45, 7) is 1.27. The molecule has 0 radical (unpaired) electrons. The summed E-state index contributed by atoms with van der Waals surface area (Å²) >= 11 is 0. The van der Waals surface area contributed by atoms with Crippen molar-refractivity contribution >= 4 is 11.4 Å². The van der Waals surface area contributed by atoms with Crippen LogP contribution in [0.3, 0.4) is 0 Å². The molecule has 1 amide bonds. The summed E-state index contributed by atoms with van der Waals surface area (Å²) in [5, 5.41) is 13.1. The fourth-order valence-corrected chi connectivity index (χ4v) is 5.70. The van der Waals surface area contributed by atoms with E-state index in [2.05, 4.69) is 21.3 Å². The summed E-state index contributed by atoms with van der Waals surface area (Å²) in [6, 6.07) is 13.2. The lowest BCUT2D eigenvalue weighted by atomic mass is 9.76. The van der Waals surface area contributed by atoms with Gasteiger partial charge in [-0.15, -0.1) is 0 Å². The standard InChI is InChI=1S/C29H32FN5O2/c30-18-21-9-12-32-26(16-21)29(20-31)10-14-34(15-11-29)19-22-17-24(27(36)33-23-6-2-1-3-7-23)28(37)35-13-5-4-8-25(22)35/h4-5,8-9,12-13,16-17,23H,1-3,6-7,10-11,14-15,18-19H2,(H,33,36). The highest BCUT2D eigenvalue weighted by molar-refractivity contribution is 5.94. The Hall–Kier alpha value is -3.57. The van der Waals surface area contributed by atoms with Gasteiger partial charge in [-0.2, -0.15) is 5.26 Å². The molecule has 3 aromatic heterocycles. The van der Waals surface area contributed by atoms with Crippen LogP contribution in [-0.4, -0.2) is 39.3 Å². The number of halogens is 1. The number of amides is 1. The minimum Gasteiger partial charge on any atom is -0.349 e. The van der Waals surface area contributed by atoms with Gasteiger partial charge in [-0.05, 0) is 67.1 Å². The number of hydrogen-bond donors (Lipinski definition) is 1. The van der Waals surface area contributed by atoms with E-state index in [0.717, 1.165) is 36.8 Å². The molecule has 1 aliphatic heterocycles. The summed E-state index contributed by atoms with van der Waals surface area (Å²) in [6.07, 6.45) is 9.71. The molecule has 2 aliphatic rings. The number of nitrogens with one attached hydrogen (secondary N) is 1. The van der Waals surface area contributed by atoms with Crippen molar-refractivity contribution in [2.45, 2.75) is 69.6 Å². The van der Waals surface area contributed by atoms with E-state index in [9.17, 15) is 19.2 Å². The predicted octanol–water partition coefficient (Wildman–Crippen LogP) is 4.28. The number of likely N-dealkylation sites (tertiary alicyclic amines) is 1. The molecule has 8 heteroatoms. The number of hydrogen-bond acceptors (Lipinski definition) is 5. The van der Waals surface area contributed by atoms with Crippen LogP contribution in [-0.2, 0) is 18.6 Å². The predicted molar refractivity (Wildman–Crippen MR) is 139 cm³/mol. The van der Waals surface area contributed by atoms with Crippen molar-refractivity contribution in [3.63, 3.8) is 0 Å². The van der Waals surface area contributed by atoms with E-state index in [0.29, 0.717) is 43.7 Å². The summed E-state index contributed by atoms with van der Waals surface area (Å²) in [5.41, 5.74) is 1.94. The number of piperidine rings is 1. The fraction of sp³-hybridized carbons (Fsp3) is 0.448. The molecular formula is C29H32FN5O2. The van der Waals surface area contributed by atoms with Crippen LogP contribution in [0.2, 0.25) is 0 Å². The lowest BCUT2D eigenvalue weighted by molar-refractivity contribution is 0.0925. The van der Waals surface area contributed by atoms with Gasteiger partial charge in [0.2, 0.25) is 0 Å². The first-order valence-corrected chi connectivity index (χ1v) is 13.1. The van der Waals surface area contributed by atoms with Crippen molar-refractivity contribution in [1.29, 1.82) is 5.26 Å². The maximum atomic E-state index is 13.2. The summed E-state index contributed by atoms with van der Waals surface area (Å²) in [4.78, 5) is 33.0. The van der Waals surface area contributed by atoms with Gasteiger partial charge in [0.1, 0.15) is 17.7 Å². The zero-order valence-corrected chi connectivity index (χ0v) is 21.0. The lowest BCUT2D eigenvalue weighted by Gasteiger charge is -2.37. The Morgan fingerprint density at radius 1 is 1.16 bits per heavy atom. The fourth-order valence-electron chi connectivity index (χ4n) is 5.70. The van der Waals surface area contributed by atoms with Crippen LogP contribution in [0, 0.1) is 11.3 Å². The topological polar surface area (TPSA) is 90.5 Å². The molecule has 1 saturated heterocycles. The summed E-state index contributed by atoms with van der Waals surface area (Å²) in [7, 11) is 0. The molecule has 3 aromatic rings. The first-order chi connectivity index (χ1) is 18.0. The number of fused-ring (bicyclic) bond motifs is 1. The van der Waals surface area contributed by atoms with Crippen LogP contribution in [0.25, 0.3) is 5.52 Å². The Balaban J connectivity index is 1.38. The van der Waals surface area contributed by atoms with Crippen LogP contribution >= 0.6 is 0 Å². The average Bonchev–Trinajstić information content (AvgIpc) is 2.95. The summed E-state index contributed by atoms with van der Waals surface area (Å²) < 4.78 is 14.8. The van der Waals surface area contributed by atoms with Crippen molar-refractivity contribution in [3.05, 3.63) is 81.5 Å². The van der Waals surface area contributed by atoms with Crippen molar-refractivity contribution in [2.75, 3.05) is 13.1 Å². The number of alkyl halides is 1. The first kappa shape index (κ1) is 25.1. The molecule has 192 valence electrons. The molecule has 4 heterocycles. The number of pyridine rings is 3. The number of aromatic nitrogens is 2. The van der Waals surface area contributed by atoms with Gasteiger partial charge >= 0.3 is 0 Å². The van der Waals surface area contributed by atoms with Gasteiger partial charge in [-0.25, -0.2) is 4.39 Å². The molecule has 0 spiro atoms. The van der Waals surface area contributed by atoms with E-state index in [-0.39, 0.29) is 23.1 Å². The van der Waals surface area contributed by atoms with E-state index in [1.807, 2.05) is 12.1 Å². The maximum absolute atomic E-state index is 13.2. The number of nitriles is 1. The van der Waals surface area contributed by atoms with Gasteiger partial charge in [0, 0.05) is 38.1 Å². The van der Waals surface area contributed by atoms with Crippen LogP contribution in [0.15, 0.2) is 53.6 Å². The molecule has 37 heavy (non-hydrogen) atoms. The normalized spacial score (nSPS) is 18.4. The molecule has 0 bridgehead atoms. The molecular weight excluding hydrogens is 469 g/mol. The number of nitrogens with zero attached hydrogens (tertiary/aromatic N) is 4. The minimum atomic E-state index is -0.748. The highest BCUT2D eigenvalue weighted by Gasteiger charge is 2.38. The van der Waals surface area contributed by atoms with Crippen molar-refractivity contribution < 1.29 is 9.18 Å². The first-order valence-electron chi connectivity index (χ1n) is 13.1. The minimum absolute atomic E-state index is 0.117. The quantitative estimate of drug-likeness (QED) is 0.544. The molecule has 1 N–H and O–H groups in total. The second-order valence-corrected chi connectivity index (χ2v) is 10.3. The van der Waals surface area contributed by atoms with E-state index in [1.165, 1.54) is 6.42 Å². The van der Waals surface area contributed by atoms with Gasteiger partial charge in [0.25, 0.3) is 11.5 Å². The van der Waals surface area contributed by atoms with E-state index in [1.54, 1.807) is 41.1 Å². The van der Waals surface area contributed by atoms with Crippen LogP contribution in [0.1, 0.15) is 72.1 Å². The molecule has 1 saturated carbocycles. The number of rotatable bonds is 6. The van der Waals surface area contributed by atoms with Gasteiger partial charge in [-0.3, -0.25) is 23.9 Å². The van der Waals surface area contributed by atoms with Crippen molar-refractivity contribution in [3.8, 4) is 6.07 Å². The molecule has 0 aromatic carbocycles. The SMILES string of the molecule is N#CC1(c2cc(CF)ccn2)CCN(Cc2cc(C(=O)NC3CCCCC3)c(=O)n3ccccc23)CC1. The number of carbonyl (C=O) groups excluding carboxylic acids is 1. The third-order valence-electron chi connectivity index (χ3n) is 7.93. The lowest BCUT2D eigenvalue weighted by Crippen LogP contribution is -2.42. The monoisotopic (exact) mass is 501 g/mol. The second kappa shape index (κ2) is 10.8. The van der Waals surface area contributed by atoms with Crippen LogP contribution < -0.4 is 10.9 Å². The molecule has 5 rings (SSSR count). The highest BCUT2D eigenvalue weighted by atomic mass is 19.1. The zero-order chi connectivity index (χ0) is 25.8. The van der Waals surface area contributed by atoms with Gasteiger partial charge in [-0.1, -0.05) is 25.3 Å². The highest BCUT2D eigenvalue weighted by Crippen LogP contribution is 2.35. The van der Waals surface area contributed by atoms with Crippen molar-refractivity contribution in [1.82, 2.24) is 19.6 Å².